The molecule has 0 radical (unpaired) electrons. The van der Waals surface area contributed by atoms with E-state index in [-0.39, 0.29) is 12.3 Å². The van der Waals surface area contributed by atoms with Crippen LogP contribution >= 0.6 is 11.3 Å². The Balaban J connectivity index is 1.27. The van der Waals surface area contributed by atoms with Crippen LogP contribution in [0.5, 0.6) is 0 Å². The molecule has 1 N–H and O–H groups in total. The summed E-state index contributed by atoms with van der Waals surface area (Å²) < 4.78 is 2.07. The molecule has 0 saturated heterocycles. The Hall–Kier alpha value is -3.84. The molecule has 0 fully saturated rings. The molecule has 1 amide bonds. The second-order valence-electron chi connectivity index (χ2n) is 7.17. The van der Waals surface area contributed by atoms with E-state index >= 15 is 0 Å². The van der Waals surface area contributed by atoms with Crippen molar-refractivity contribution in [2.24, 2.45) is 7.05 Å². The molecule has 3 aromatic heterocycles. The zero-order valence-electron chi connectivity index (χ0n) is 16.8. The quantitative estimate of drug-likeness (QED) is 0.433. The summed E-state index contributed by atoms with van der Waals surface area (Å²) in [5.74, 6) is 0.794. The van der Waals surface area contributed by atoms with Crippen LogP contribution < -0.4 is 5.32 Å². The van der Waals surface area contributed by atoms with E-state index in [0.29, 0.717) is 0 Å². The van der Waals surface area contributed by atoms with Crippen LogP contribution in [0.2, 0.25) is 0 Å². The van der Waals surface area contributed by atoms with Gasteiger partial charge in [-0.1, -0.05) is 12.1 Å². The predicted octanol–water partition coefficient (Wildman–Crippen LogP) is 4.94. The van der Waals surface area contributed by atoms with Gasteiger partial charge >= 0.3 is 0 Å². The summed E-state index contributed by atoms with van der Waals surface area (Å²) in [4.78, 5) is 25.9. The molecular weight excluding hydrogens is 406 g/mol. The van der Waals surface area contributed by atoms with E-state index in [1.54, 1.807) is 12.4 Å². The van der Waals surface area contributed by atoms with Crippen LogP contribution in [0.3, 0.4) is 0 Å². The number of anilines is 1. The first-order chi connectivity index (χ1) is 15.2. The first-order valence-corrected chi connectivity index (χ1v) is 10.7. The summed E-state index contributed by atoms with van der Waals surface area (Å²) in [5.41, 5.74) is 5.50. The fraction of sp³-hybridized carbons (Fsp3) is 0.0833. The minimum Gasteiger partial charge on any atom is -0.327 e. The molecular formula is C24H19N5OS. The Morgan fingerprint density at radius 1 is 1.00 bits per heavy atom. The van der Waals surface area contributed by atoms with Crippen molar-refractivity contribution >= 4 is 34.0 Å². The molecule has 2 aromatic carbocycles. The van der Waals surface area contributed by atoms with Crippen molar-refractivity contribution in [2.75, 3.05) is 5.32 Å². The van der Waals surface area contributed by atoms with Crippen LogP contribution in [0.25, 0.3) is 33.0 Å². The molecule has 0 aliphatic rings. The van der Waals surface area contributed by atoms with Crippen molar-refractivity contribution in [1.82, 2.24) is 19.5 Å². The van der Waals surface area contributed by atoms with Gasteiger partial charge in [-0.05, 0) is 48.5 Å². The number of imidazole rings is 1. The van der Waals surface area contributed by atoms with Crippen LogP contribution in [-0.4, -0.2) is 25.4 Å². The van der Waals surface area contributed by atoms with Crippen molar-refractivity contribution in [3.8, 4) is 22.0 Å². The van der Waals surface area contributed by atoms with Crippen molar-refractivity contribution < 1.29 is 4.79 Å². The second-order valence-corrected chi connectivity index (χ2v) is 8.03. The lowest BCUT2D eigenvalue weighted by Gasteiger charge is -2.06. The average Bonchev–Trinajstić information content (AvgIpc) is 3.40. The van der Waals surface area contributed by atoms with Crippen molar-refractivity contribution in [2.45, 2.75) is 6.42 Å². The fourth-order valence-corrected chi connectivity index (χ4v) is 4.30. The topological polar surface area (TPSA) is 72.7 Å². The van der Waals surface area contributed by atoms with Gasteiger partial charge in [-0.3, -0.25) is 9.78 Å². The minimum absolute atomic E-state index is 0.0986. The molecule has 0 saturated carbocycles. The van der Waals surface area contributed by atoms with Crippen LogP contribution in [0.15, 0.2) is 78.4 Å². The van der Waals surface area contributed by atoms with E-state index in [1.165, 1.54) is 11.3 Å². The number of thiazole rings is 1. The highest BCUT2D eigenvalue weighted by molar-refractivity contribution is 7.13. The van der Waals surface area contributed by atoms with Gasteiger partial charge in [-0.2, -0.15) is 0 Å². The highest BCUT2D eigenvalue weighted by Gasteiger charge is 2.11. The number of fused-ring (bicyclic) bond motifs is 1. The van der Waals surface area contributed by atoms with Gasteiger partial charge in [0, 0.05) is 41.6 Å². The number of pyridine rings is 1. The monoisotopic (exact) mass is 425 g/mol. The number of nitrogens with one attached hydrogen (secondary N) is 1. The third kappa shape index (κ3) is 3.95. The second kappa shape index (κ2) is 8.12. The van der Waals surface area contributed by atoms with Gasteiger partial charge in [0.2, 0.25) is 5.91 Å². The van der Waals surface area contributed by atoms with Gasteiger partial charge in [-0.25, -0.2) is 9.97 Å². The van der Waals surface area contributed by atoms with E-state index in [2.05, 4.69) is 25.9 Å². The first kappa shape index (κ1) is 19.1. The average molecular weight is 426 g/mol. The van der Waals surface area contributed by atoms with Crippen molar-refractivity contribution in [3.63, 3.8) is 0 Å². The molecule has 152 valence electrons. The number of amides is 1. The number of aryl methyl sites for hydroxylation is 1. The van der Waals surface area contributed by atoms with Crippen LogP contribution in [-0.2, 0) is 18.3 Å². The number of para-hydroxylation sites is 2. The maximum absolute atomic E-state index is 12.5. The van der Waals surface area contributed by atoms with Crippen LogP contribution in [0.4, 0.5) is 5.69 Å². The Labute approximate surface area is 183 Å². The van der Waals surface area contributed by atoms with Gasteiger partial charge in [0.1, 0.15) is 10.8 Å². The summed E-state index contributed by atoms with van der Waals surface area (Å²) in [7, 11) is 2.01. The summed E-state index contributed by atoms with van der Waals surface area (Å²) in [6.07, 6.45) is 3.73. The molecule has 3 heterocycles. The lowest BCUT2D eigenvalue weighted by Crippen LogP contribution is -2.14. The van der Waals surface area contributed by atoms with Gasteiger partial charge < -0.3 is 9.88 Å². The summed E-state index contributed by atoms with van der Waals surface area (Å²) in [6, 6.07) is 19.6. The molecule has 31 heavy (non-hydrogen) atoms. The van der Waals surface area contributed by atoms with E-state index in [1.807, 2.05) is 67.0 Å². The number of carbonyl (C=O) groups excluding carboxylic acids is 1. The Kier molecular flexibility index (Phi) is 5.01. The van der Waals surface area contributed by atoms with Crippen molar-refractivity contribution in [1.29, 1.82) is 0 Å². The molecule has 0 unspecified atom stereocenters. The lowest BCUT2D eigenvalue weighted by atomic mass is 10.2. The smallest absolute Gasteiger partial charge is 0.230 e. The highest BCUT2D eigenvalue weighted by Crippen LogP contribution is 2.25. The van der Waals surface area contributed by atoms with E-state index in [9.17, 15) is 4.79 Å². The molecule has 0 bridgehead atoms. The van der Waals surface area contributed by atoms with Gasteiger partial charge in [0.25, 0.3) is 0 Å². The summed E-state index contributed by atoms with van der Waals surface area (Å²) >= 11 is 1.51. The van der Waals surface area contributed by atoms with Crippen LogP contribution in [0.1, 0.15) is 5.69 Å². The zero-order chi connectivity index (χ0) is 21.2. The Morgan fingerprint density at radius 3 is 2.61 bits per heavy atom. The van der Waals surface area contributed by atoms with Gasteiger partial charge in [0.15, 0.2) is 0 Å². The molecule has 7 heteroatoms. The minimum atomic E-state index is -0.0986. The molecule has 0 aliphatic carbocycles. The largest absolute Gasteiger partial charge is 0.327 e. The molecule has 5 aromatic rings. The number of hydrogen-bond acceptors (Lipinski definition) is 5. The molecule has 0 spiro atoms. The molecule has 0 atom stereocenters. The maximum atomic E-state index is 12.5. The van der Waals surface area contributed by atoms with E-state index < -0.39 is 0 Å². The number of aromatic nitrogens is 4. The third-order valence-electron chi connectivity index (χ3n) is 5.02. The van der Waals surface area contributed by atoms with Crippen molar-refractivity contribution in [3.05, 3.63) is 84.1 Å². The number of carbonyl (C=O) groups is 1. The zero-order valence-corrected chi connectivity index (χ0v) is 17.6. The van der Waals surface area contributed by atoms with Gasteiger partial charge in [-0.15, -0.1) is 11.3 Å². The molecule has 6 nitrogen and oxygen atoms in total. The Bertz CT molecular complexity index is 1360. The van der Waals surface area contributed by atoms with E-state index in [0.717, 1.165) is 44.4 Å². The lowest BCUT2D eigenvalue weighted by molar-refractivity contribution is -0.115. The molecule has 0 aliphatic heterocycles. The van der Waals surface area contributed by atoms with E-state index in [4.69, 9.17) is 4.98 Å². The number of nitrogens with zero attached hydrogens (tertiary/aromatic N) is 4. The van der Waals surface area contributed by atoms with Crippen LogP contribution in [0, 0.1) is 0 Å². The SMILES string of the molecule is Cn1c(-c2ccc(NC(=O)Cc3csc(-c4cccnc4)n3)cc2)nc2ccccc21. The number of benzene rings is 2. The number of rotatable bonds is 5. The summed E-state index contributed by atoms with van der Waals surface area (Å²) in [6.45, 7) is 0. The Morgan fingerprint density at radius 2 is 1.84 bits per heavy atom. The number of hydrogen-bond donors (Lipinski definition) is 1. The highest BCUT2D eigenvalue weighted by atomic mass is 32.1. The third-order valence-corrected chi connectivity index (χ3v) is 5.96. The normalized spacial score (nSPS) is 11.0. The molecule has 5 rings (SSSR count). The fourth-order valence-electron chi connectivity index (χ4n) is 3.49. The first-order valence-electron chi connectivity index (χ1n) is 9.84. The van der Waals surface area contributed by atoms with Gasteiger partial charge in [0.05, 0.1) is 23.1 Å². The maximum Gasteiger partial charge on any atom is 0.230 e. The predicted molar refractivity (Wildman–Crippen MR) is 124 cm³/mol. The summed E-state index contributed by atoms with van der Waals surface area (Å²) in [5, 5.41) is 5.72. The standard InChI is InChI=1S/C24H19N5OS/c1-29-21-7-3-2-6-20(21)28-23(29)16-8-10-18(11-9-16)26-22(30)13-19-15-31-24(27-19)17-5-4-12-25-14-17/h2-12,14-15H,13H2,1H3,(H,26,30).